The topological polar surface area (TPSA) is 73.3 Å². The Morgan fingerprint density at radius 1 is 0.958 bits per heavy atom. The van der Waals surface area contributed by atoms with Crippen molar-refractivity contribution in [3.05, 3.63) is 72.6 Å². The minimum Gasteiger partial charge on any atom is -0.465 e. The Morgan fingerprint density at radius 2 is 1.75 bits per heavy atom. The van der Waals surface area contributed by atoms with Gasteiger partial charge in [0.05, 0.1) is 7.11 Å². The van der Waals surface area contributed by atoms with Gasteiger partial charge in [0.1, 0.15) is 17.1 Å². The number of pyridine rings is 2. The van der Waals surface area contributed by atoms with Crippen molar-refractivity contribution in [3.8, 4) is 11.6 Å². The van der Waals surface area contributed by atoms with Crippen molar-refractivity contribution in [1.29, 1.82) is 0 Å². The number of nitrogens with one attached hydrogen (secondary N) is 1. The van der Waals surface area contributed by atoms with Crippen LogP contribution in [0.25, 0.3) is 0 Å². The second-order valence-electron chi connectivity index (χ2n) is 4.81. The minimum atomic E-state index is -0.494. The number of methoxy groups -OCH3 is 1. The average Bonchev–Trinajstić information content (AvgIpc) is 2.64. The molecule has 0 saturated heterocycles. The summed E-state index contributed by atoms with van der Waals surface area (Å²) >= 11 is 0. The van der Waals surface area contributed by atoms with Gasteiger partial charge in [0, 0.05) is 18.1 Å². The molecule has 0 spiro atoms. The maximum Gasteiger partial charge on any atom is 0.343 e. The Morgan fingerprint density at radius 3 is 2.46 bits per heavy atom. The quantitative estimate of drug-likeness (QED) is 0.721. The van der Waals surface area contributed by atoms with Gasteiger partial charge in [-0.05, 0) is 48.5 Å². The SMILES string of the molecule is COC(=O)c1cccnc1Oc1ccc(Nc2ccccn2)cc1. The van der Waals surface area contributed by atoms with Crippen molar-refractivity contribution in [2.24, 2.45) is 0 Å². The molecule has 1 N–H and O–H groups in total. The molecule has 0 aliphatic carbocycles. The Bertz CT molecular complexity index is 820. The van der Waals surface area contributed by atoms with E-state index in [0.717, 1.165) is 11.5 Å². The Kier molecular flexibility index (Phi) is 4.67. The Hall–Kier alpha value is -3.41. The summed E-state index contributed by atoms with van der Waals surface area (Å²) in [7, 11) is 1.32. The minimum absolute atomic E-state index is 0.204. The molecule has 2 aromatic heterocycles. The molecule has 0 unspecified atom stereocenters. The van der Waals surface area contributed by atoms with Crippen LogP contribution in [0.15, 0.2) is 67.0 Å². The molecule has 0 aliphatic heterocycles. The van der Waals surface area contributed by atoms with Crippen LogP contribution in [0.3, 0.4) is 0 Å². The van der Waals surface area contributed by atoms with E-state index >= 15 is 0 Å². The van der Waals surface area contributed by atoms with Crippen molar-refractivity contribution < 1.29 is 14.3 Å². The van der Waals surface area contributed by atoms with Gasteiger partial charge in [-0.15, -0.1) is 0 Å². The largest absolute Gasteiger partial charge is 0.465 e. The van der Waals surface area contributed by atoms with Crippen molar-refractivity contribution in [1.82, 2.24) is 9.97 Å². The second-order valence-corrected chi connectivity index (χ2v) is 4.81. The molecule has 0 fully saturated rings. The third kappa shape index (κ3) is 3.67. The van der Waals surface area contributed by atoms with Crippen LogP contribution in [-0.4, -0.2) is 23.0 Å². The highest BCUT2D eigenvalue weighted by molar-refractivity contribution is 5.91. The summed E-state index contributed by atoms with van der Waals surface area (Å²) in [5, 5.41) is 3.18. The van der Waals surface area contributed by atoms with E-state index < -0.39 is 5.97 Å². The van der Waals surface area contributed by atoms with E-state index in [1.807, 2.05) is 30.3 Å². The molecule has 3 aromatic rings. The smallest absolute Gasteiger partial charge is 0.343 e. The van der Waals surface area contributed by atoms with Gasteiger partial charge in [-0.2, -0.15) is 0 Å². The van der Waals surface area contributed by atoms with E-state index in [1.165, 1.54) is 7.11 Å². The highest BCUT2D eigenvalue weighted by Gasteiger charge is 2.14. The summed E-state index contributed by atoms with van der Waals surface area (Å²) < 4.78 is 10.4. The number of rotatable bonds is 5. The van der Waals surface area contributed by atoms with Crippen LogP contribution in [0.5, 0.6) is 11.6 Å². The second kappa shape index (κ2) is 7.23. The van der Waals surface area contributed by atoms with Gasteiger partial charge >= 0.3 is 5.97 Å². The fourth-order valence-corrected chi connectivity index (χ4v) is 2.04. The summed E-state index contributed by atoms with van der Waals surface area (Å²) in [6.45, 7) is 0. The number of benzene rings is 1. The standard InChI is InChI=1S/C18H15N3O3/c1-23-18(22)15-5-4-12-20-17(15)24-14-9-7-13(8-10-14)21-16-6-2-3-11-19-16/h2-12H,1H3,(H,19,21). The zero-order valence-corrected chi connectivity index (χ0v) is 13.0. The molecule has 2 heterocycles. The van der Waals surface area contributed by atoms with Gasteiger partial charge in [-0.3, -0.25) is 0 Å². The van der Waals surface area contributed by atoms with Crippen LogP contribution >= 0.6 is 0 Å². The van der Waals surface area contributed by atoms with E-state index in [0.29, 0.717) is 5.75 Å². The van der Waals surface area contributed by atoms with Gasteiger partial charge < -0.3 is 14.8 Å². The highest BCUT2D eigenvalue weighted by Crippen LogP contribution is 2.25. The third-order valence-corrected chi connectivity index (χ3v) is 3.18. The monoisotopic (exact) mass is 321 g/mol. The van der Waals surface area contributed by atoms with E-state index in [4.69, 9.17) is 9.47 Å². The Labute approximate surface area is 139 Å². The molecule has 6 heteroatoms. The first-order chi connectivity index (χ1) is 11.8. The molecule has 0 amide bonds. The Balaban J connectivity index is 1.74. The number of hydrogen-bond donors (Lipinski definition) is 1. The number of aromatic nitrogens is 2. The molecule has 6 nitrogen and oxygen atoms in total. The fourth-order valence-electron chi connectivity index (χ4n) is 2.04. The molecular formula is C18H15N3O3. The predicted molar refractivity (Wildman–Crippen MR) is 89.6 cm³/mol. The van der Waals surface area contributed by atoms with Crippen molar-refractivity contribution in [2.45, 2.75) is 0 Å². The summed E-state index contributed by atoms with van der Waals surface area (Å²) in [6.07, 6.45) is 3.27. The summed E-state index contributed by atoms with van der Waals surface area (Å²) in [4.78, 5) is 20.0. The van der Waals surface area contributed by atoms with Crippen LogP contribution < -0.4 is 10.1 Å². The molecule has 0 bridgehead atoms. The summed E-state index contributed by atoms with van der Waals surface area (Å²) in [5.74, 6) is 1.02. The molecule has 120 valence electrons. The zero-order chi connectivity index (χ0) is 16.8. The van der Waals surface area contributed by atoms with Crippen LogP contribution in [0.2, 0.25) is 0 Å². The molecule has 24 heavy (non-hydrogen) atoms. The van der Waals surface area contributed by atoms with Gasteiger partial charge in [-0.1, -0.05) is 6.07 Å². The van der Waals surface area contributed by atoms with E-state index in [9.17, 15) is 4.79 Å². The first kappa shape index (κ1) is 15.5. The number of esters is 1. The molecule has 0 saturated carbocycles. The number of carbonyl (C=O) groups excluding carboxylic acids is 1. The zero-order valence-electron chi connectivity index (χ0n) is 13.0. The number of nitrogens with zero attached hydrogens (tertiary/aromatic N) is 2. The van der Waals surface area contributed by atoms with Crippen LogP contribution in [0, 0.1) is 0 Å². The fraction of sp³-hybridized carbons (Fsp3) is 0.0556. The molecule has 0 atom stereocenters. The number of ether oxygens (including phenoxy) is 2. The molecule has 0 aliphatic rings. The van der Waals surface area contributed by atoms with E-state index in [1.54, 1.807) is 36.7 Å². The molecular weight excluding hydrogens is 306 g/mol. The van der Waals surface area contributed by atoms with Crippen molar-refractivity contribution in [2.75, 3.05) is 12.4 Å². The summed E-state index contributed by atoms with van der Waals surface area (Å²) in [6, 6.07) is 16.2. The lowest BCUT2D eigenvalue weighted by atomic mass is 10.2. The maximum absolute atomic E-state index is 11.7. The lowest BCUT2D eigenvalue weighted by Gasteiger charge is -2.09. The first-order valence-electron chi connectivity index (χ1n) is 7.25. The van der Waals surface area contributed by atoms with Crippen molar-refractivity contribution >= 4 is 17.5 Å². The van der Waals surface area contributed by atoms with E-state index in [-0.39, 0.29) is 11.4 Å². The predicted octanol–water partition coefficient (Wildman–Crippen LogP) is 3.80. The van der Waals surface area contributed by atoms with Crippen molar-refractivity contribution in [3.63, 3.8) is 0 Å². The molecule has 0 radical (unpaired) electrons. The first-order valence-corrected chi connectivity index (χ1v) is 7.25. The van der Waals surface area contributed by atoms with Crippen LogP contribution in [0.4, 0.5) is 11.5 Å². The van der Waals surface area contributed by atoms with Gasteiger partial charge in [-0.25, -0.2) is 14.8 Å². The number of hydrogen-bond acceptors (Lipinski definition) is 6. The van der Waals surface area contributed by atoms with Gasteiger partial charge in [0.25, 0.3) is 0 Å². The molecule has 1 aromatic carbocycles. The number of anilines is 2. The lowest BCUT2D eigenvalue weighted by Crippen LogP contribution is -2.04. The van der Waals surface area contributed by atoms with Gasteiger partial charge in [0.2, 0.25) is 5.88 Å². The maximum atomic E-state index is 11.7. The van der Waals surface area contributed by atoms with E-state index in [2.05, 4.69) is 15.3 Å². The number of carbonyl (C=O) groups is 1. The average molecular weight is 321 g/mol. The lowest BCUT2D eigenvalue weighted by molar-refractivity contribution is 0.0597. The highest BCUT2D eigenvalue weighted by atomic mass is 16.5. The normalized spacial score (nSPS) is 10.0. The van der Waals surface area contributed by atoms with Crippen LogP contribution in [0.1, 0.15) is 10.4 Å². The van der Waals surface area contributed by atoms with Crippen LogP contribution in [-0.2, 0) is 4.74 Å². The van der Waals surface area contributed by atoms with Gasteiger partial charge in [0.15, 0.2) is 0 Å². The summed E-state index contributed by atoms with van der Waals surface area (Å²) in [5.41, 5.74) is 1.14. The third-order valence-electron chi connectivity index (χ3n) is 3.18. The molecule has 3 rings (SSSR count).